The van der Waals surface area contributed by atoms with Crippen LogP contribution in [-0.4, -0.2) is 17.5 Å². The summed E-state index contributed by atoms with van der Waals surface area (Å²) in [5.74, 6) is 0.788. The number of phenolic OH excluding ortho intramolecular Hbond substituents is 1. The molecule has 0 radical (unpaired) electrons. The van der Waals surface area contributed by atoms with Crippen LogP contribution in [0.4, 0.5) is 0 Å². The number of rotatable bonds is 7. The highest BCUT2D eigenvalue weighted by atomic mass is 16.6. The zero-order valence-electron chi connectivity index (χ0n) is 14.0. The normalized spacial score (nSPS) is 11.1. The summed E-state index contributed by atoms with van der Waals surface area (Å²) in [5.41, 5.74) is 2.71. The summed E-state index contributed by atoms with van der Waals surface area (Å²) >= 11 is 0. The van der Waals surface area contributed by atoms with Crippen molar-refractivity contribution >= 4 is 12.4 Å². The largest absolute Gasteiger partial charge is 0.508 e. The van der Waals surface area contributed by atoms with Crippen molar-refractivity contribution < 1.29 is 14.8 Å². The van der Waals surface area contributed by atoms with Gasteiger partial charge in [-0.05, 0) is 53.1 Å². The standard InChI is InChI=1S/C21H18N2O3/c24-20-8-4-7-19(13-20)15-23-26-21-11-9-17(10-12-21)14-22-25-16-18-5-2-1-3-6-18/h1-15,24H,16H2/b22-14+,23-15+. The van der Waals surface area contributed by atoms with Crippen LogP contribution in [0.1, 0.15) is 16.7 Å². The topological polar surface area (TPSA) is 63.4 Å². The number of oxime groups is 2. The summed E-state index contributed by atoms with van der Waals surface area (Å²) in [5, 5.41) is 17.2. The predicted molar refractivity (Wildman–Crippen MR) is 102 cm³/mol. The molecule has 0 atom stereocenters. The molecule has 5 heteroatoms. The molecule has 130 valence electrons. The maximum absolute atomic E-state index is 9.39. The van der Waals surface area contributed by atoms with Crippen molar-refractivity contribution in [1.29, 1.82) is 0 Å². The van der Waals surface area contributed by atoms with Gasteiger partial charge in [-0.3, -0.25) is 0 Å². The fourth-order valence-corrected chi connectivity index (χ4v) is 2.15. The van der Waals surface area contributed by atoms with Crippen molar-refractivity contribution in [3.63, 3.8) is 0 Å². The van der Waals surface area contributed by atoms with Crippen molar-refractivity contribution in [2.75, 3.05) is 0 Å². The van der Waals surface area contributed by atoms with Crippen LogP contribution in [0, 0.1) is 0 Å². The van der Waals surface area contributed by atoms with Crippen molar-refractivity contribution in [3.05, 3.63) is 95.6 Å². The lowest BCUT2D eigenvalue weighted by Gasteiger charge is -2.00. The number of hydrogen-bond acceptors (Lipinski definition) is 5. The maximum atomic E-state index is 9.39. The van der Waals surface area contributed by atoms with Gasteiger partial charge in [0.15, 0.2) is 5.75 Å². The summed E-state index contributed by atoms with van der Waals surface area (Å²) in [6.07, 6.45) is 3.18. The molecule has 0 fully saturated rings. The zero-order valence-corrected chi connectivity index (χ0v) is 14.0. The molecule has 0 saturated heterocycles. The molecule has 1 N–H and O–H groups in total. The Morgan fingerprint density at radius 3 is 2.31 bits per heavy atom. The van der Waals surface area contributed by atoms with Crippen LogP contribution in [0.2, 0.25) is 0 Å². The summed E-state index contributed by atoms with van der Waals surface area (Å²) < 4.78 is 0. The Hall–Kier alpha value is -3.60. The van der Waals surface area contributed by atoms with Crippen LogP contribution in [0.5, 0.6) is 11.5 Å². The Kier molecular flexibility index (Phi) is 5.99. The minimum atomic E-state index is 0.187. The molecule has 0 unspecified atom stereocenters. The lowest BCUT2D eigenvalue weighted by molar-refractivity contribution is 0.132. The zero-order chi connectivity index (χ0) is 18.0. The summed E-state index contributed by atoms with van der Waals surface area (Å²) in [7, 11) is 0. The van der Waals surface area contributed by atoms with E-state index < -0.39 is 0 Å². The van der Waals surface area contributed by atoms with Gasteiger partial charge >= 0.3 is 0 Å². The average molecular weight is 346 g/mol. The molecular formula is C21H18N2O3. The van der Waals surface area contributed by atoms with Crippen molar-refractivity contribution in [2.45, 2.75) is 6.61 Å². The van der Waals surface area contributed by atoms with E-state index in [1.165, 1.54) is 6.21 Å². The first kappa shape index (κ1) is 17.2. The van der Waals surface area contributed by atoms with E-state index in [1.54, 1.807) is 36.5 Å². The smallest absolute Gasteiger partial charge is 0.158 e. The minimum Gasteiger partial charge on any atom is -0.508 e. The predicted octanol–water partition coefficient (Wildman–Crippen LogP) is 4.36. The Morgan fingerprint density at radius 1 is 0.769 bits per heavy atom. The molecule has 3 aromatic carbocycles. The Bertz CT molecular complexity index is 875. The molecule has 0 heterocycles. The van der Waals surface area contributed by atoms with Gasteiger partial charge in [0.25, 0.3) is 0 Å². The number of aromatic hydroxyl groups is 1. The second-order valence-corrected chi connectivity index (χ2v) is 5.48. The third-order valence-electron chi connectivity index (χ3n) is 3.46. The third kappa shape index (κ3) is 5.49. The van der Waals surface area contributed by atoms with Crippen LogP contribution in [0.25, 0.3) is 0 Å². The molecule has 0 aliphatic heterocycles. The maximum Gasteiger partial charge on any atom is 0.158 e. The highest BCUT2D eigenvalue weighted by Gasteiger charge is 1.95. The van der Waals surface area contributed by atoms with Gasteiger partial charge in [0.1, 0.15) is 12.4 Å². The van der Waals surface area contributed by atoms with Gasteiger partial charge in [-0.15, -0.1) is 0 Å². The average Bonchev–Trinajstić information content (AvgIpc) is 2.67. The second-order valence-electron chi connectivity index (χ2n) is 5.48. The second kappa shape index (κ2) is 9.03. The number of phenols is 1. The fraction of sp³-hybridized carbons (Fsp3) is 0.0476. The molecule has 3 rings (SSSR count). The monoisotopic (exact) mass is 346 g/mol. The Labute approximate surface area is 151 Å². The lowest BCUT2D eigenvalue weighted by atomic mass is 10.2. The Balaban J connectivity index is 1.48. The number of benzene rings is 3. The number of hydrogen-bond donors (Lipinski definition) is 1. The molecule has 5 nitrogen and oxygen atoms in total. The summed E-state index contributed by atoms with van der Waals surface area (Å²) in [6.45, 7) is 0.433. The molecule has 0 amide bonds. The minimum absolute atomic E-state index is 0.187. The van der Waals surface area contributed by atoms with Crippen molar-refractivity contribution in [1.82, 2.24) is 0 Å². The van der Waals surface area contributed by atoms with E-state index in [1.807, 2.05) is 48.5 Å². The van der Waals surface area contributed by atoms with Gasteiger partial charge < -0.3 is 14.8 Å². The Morgan fingerprint density at radius 2 is 1.54 bits per heavy atom. The van der Waals surface area contributed by atoms with Crippen LogP contribution in [-0.2, 0) is 11.4 Å². The molecule has 0 aromatic heterocycles. The van der Waals surface area contributed by atoms with E-state index in [-0.39, 0.29) is 5.75 Å². The van der Waals surface area contributed by atoms with Gasteiger partial charge in [-0.1, -0.05) is 52.8 Å². The highest BCUT2D eigenvalue weighted by Crippen LogP contribution is 2.12. The van der Waals surface area contributed by atoms with Gasteiger partial charge in [0, 0.05) is 0 Å². The van der Waals surface area contributed by atoms with E-state index in [9.17, 15) is 5.11 Å². The van der Waals surface area contributed by atoms with Crippen LogP contribution in [0.3, 0.4) is 0 Å². The summed E-state index contributed by atoms with van der Waals surface area (Å²) in [4.78, 5) is 10.6. The van der Waals surface area contributed by atoms with E-state index in [4.69, 9.17) is 9.68 Å². The first-order valence-electron chi connectivity index (χ1n) is 8.08. The first-order valence-corrected chi connectivity index (χ1v) is 8.08. The molecule has 26 heavy (non-hydrogen) atoms. The molecule has 0 saturated carbocycles. The fourth-order valence-electron chi connectivity index (χ4n) is 2.15. The molecule has 0 bridgehead atoms. The summed E-state index contributed by atoms with van der Waals surface area (Å²) in [6, 6.07) is 23.9. The van der Waals surface area contributed by atoms with Crippen LogP contribution >= 0.6 is 0 Å². The van der Waals surface area contributed by atoms with Crippen LogP contribution in [0.15, 0.2) is 89.2 Å². The number of nitrogens with zero attached hydrogens (tertiary/aromatic N) is 2. The molecular weight excluding hydrogens is 328 g/mol. The van der Waals surface area contributed by atoms with E-state index in [0.717, 1.165) is 16.7 Å². The van der Waals surface area contributed by atoms with Crippen molar-refractivity contribution in [3.8, 4) is 11.5 Å². The van der Waals surface area contributed by atoms with Crippen molar-refractivity contribution in [2.24, 2.45) is 10.3 Å². The third-order valence-corrected chi connectivity index (χ3v) is 3.46. The molecule has 3 aromatic rings. The van der Waals surface area contributed by atoms with E-state index in [0.29, 0.717) is 12.4 Å². The van der Waals surface area contributed by atoms with E-state index >= 15 is 0 Å². The van der Waals surface area contributed by atoms with Gasteiger partial charge in [0.05, 0.1) is 12.4 Å². The van der Waals surface area contributed by atoms with Gasteiger partial charge in [-0.2, -0.15) is 0 Å². The first-order chi connectivity index (χ1) is 12.8. The van der Waals surface area contributed by atoms with Gasteiger partial charge in [0.2, 0.25) is 0 Å². The molecule has 0 aliphatic carbocycles. The molecule has 0 spiro atoms. The quantitative estimate of drug-likeness (QED) is 0.511. The SMILES string of the molecule is Oc1cccc(/C=N/Oc2ccc(/C=N/OCc3ccccc3)cc2)c1. The van der Waals surface area contributed by atoms with E-state index in [2.05, 4.69) is 10.3 Å². The highest BCUT2D eigenvalue weighted by molar-refractivity contribution is 5.80. The lowest BCUT2D eigenvalue weighted by Crippen LogP contribution is -1.89. The van der Waals surface area contributed by atoms with Gasteiger partial charge in [-0.25, -0.2) is 0 Å². The molecule has 0 aliphatic rings. The van der Waals surface area contributed by atoms with Crippen LogP contribution < -0.4 is 4.84 Å².